The van der Waals surface area contributed by atoms with Gasteiger partial charge in [0.15, 0.2) is 0 Å². The molecule has 2 aromatic rings. The molecule has 0 atom stereocenters. The molecule has 2 rings (SSSR count). The molecule has 0 saturated heterocycles. The van der Waals surface area contributed by atoms with Gasteiger partial charge < -0.3 is 9.72 Å². The molecular formula is C12H11BrN2O3. The lowest BCUT2D eigenvalue weighted by Gasteiger charge is -2.07. The van der Waals surface area contributed by atoms with Gasteiger partial charge in [-0.2, -0.15) is 0 Å². The fourth-order valence-electron chi connectivity index (χ4n) is 1.59. The summed E-state index contributed by atoms with van der Waals surface area (Å²) < 4.78 is 7.03. The van der Waals surface area contributed by atoms with Gasteiger partial charge in [-0.3, -0.25) is 9.36 Å². The van der Waals surface area contributed by atoms with Gasteiger partial charge in [0.25, 0.3) is 5.56 Å². The molecule has 94 valence electrons. The van der Waals surface area contributed by atoms with Crippen LogP contribution in [-0.2, 0) is 6.54 Å². The number of nitrogens with one attached hydrogen (secondary N) is 1. The van der Waals surface area contributed by atoms with Crippen LogP contribution in [0, 0.1) is 0 Å². The van der Waals surface area contributed by atoms with Crippen molar-refractivity contribution in [3.63, 3.8) is 0 Å². The Morgan fingerprint density at radius 1 is 1.33 bits per heavy atom. The van der Waals surface area contributed by atoms with Gasteiger partial charge in [-0.05, 0) is 33.6 Å². The van der Waals surface area contributed by atoms with Gasteiger partial charge in [-0.1, -0.05) is 6.07 Å². The first-order valence-electron chi connectivity index (χ1n) is 5.23. The summed E-state index contributed by atoms with van der Waals surface area (Å²) >= 11 is 3.36. The SMILES string of the molecule is COc1ccc(Cn2c(=O)cc[nH]c2=O)cc1Br. The fourth-order valence-corrected chi connectivity index (χ4v) is 2.18. The first-order valence-corrected chi connectivity index (χ1v) is 6.02. The number of nitrogens with zero attached hydrogens (tertiary/aromatic N) is 1. The number of hydrogen-bond donors (Lipinski definition) is 1. The van der Waals surface area contributed by atoms with E-state index in [-0.39, 0.29) is 12.1 Å². The standard InChI is InChI=1S/C12H11BrN2O3/c1-18-10-3-2-8(6-9(10)13)7-15-11(16)4-5-14-12(15)17/h2-6H,7H2,1H3,(H,14,17). The van der Waals surface area contributed by atoms with Gasteiger partial charge in [0, 0.05) is 12.3 Å². The molecule has 0 radical (unpaired) electrons. The summed E-state index contributed by atoms with van der Waals surface area (Å²) in [5.74, 6) is 0.702. The number of aromatic nitrogens is 2. The summed E-state index contributed by atoms with van der Waals surface area (Å²) in [6.45, 7) is 0.220. The van der Waals surface area contributed by atoms with Crippen LogP contribution in [0.5, 0.6) is 5.75 Å². The average molecular weight is 311 g/mol. The van der Waals surface area contributed by atoms with Gasteiger partial charge in [-0.25, -0.2) is 4.79 Å². The van der Waals surface area contributed by atoms with E-state index in [9.17, 15) is 9.59 Å². The average Bonchev–Trinajstić information content (AvgIpc) is 2.34. The maximum absolute atomic E-state index is 11.6. The normalized spacial score (nSPS) is 10.3. The molecule has 0 amide bonds. The van der Waals surface area contributed by atoms with Crippen molar-refractivity contribution in [1.82, 2.24) is 9.55 Å². The molecule has 1 N–H and O–H groups in total. The van der Waals surface area contributed by atoms with Gasteiger partial charge >= 0.3 is 5.69 Å². The molecule has 1 aromatic heterocycles. The Labute approximate surface area is 111 Å². The largest absolute Gasteiger partial charge is 0.496 e. The van der Waals surface area contributed by atoms with Crippen molar-refractivity contribution < 1.29 is 4.74 Å². The molecular weight excluding hydrogens is 300 g/mol. The third kappa shape index (κ3) is 2.53. The molecule has 18 heavy (non-hydrogen) atoms. The van der Waals surface area contributed by atoms with Crippen molar-refractivity contribution in [3.05, 3.63) is 61.3 Å². The van der Waals surface area contributed by atoms with E-state index in [1.807, 2.05) is 12.1 Å². The van der Waals surface area contributed by atoms with Gasteiger partial charge in [-0.15, -0.1) is 0 Å². The summed E-state index contributed by atoms with van der Waals surface area (Å²) in [5, 5.41) is 0. The molecule has 0 unspecified atom stereocenters. The van der Waals surface area contributed by atoms with E-state index in [1.165, 1.54) is 12.3 Å². The predicted molar refractivity (Wildman–Crippen MR) is 71.1 cm³/mol. The molecule has 6 heteroatoms. The number of methoxy groups -OCH3 is 1. The van der Waals surface area contributed by atoms with Crippen molar-refractivity contribution in [2.45, 2.75) is 6.54 Å². The van der Waals surface area contributed by atoms with Crippen molar-refractivity contribution in [2.75, 3.05) is 7.11 Å². The minimum absolute atomic E-state index is 0.220. The van der Waals surface area contributed by atoms with E-state index in [2.05, 4.69) is 20.9 Å². The number of benzene rings is 1. The van der Waals surface area contributed by atoms with E-state index in [0.29, 0.717) is 5.75 Å². The maximum atomic E-state index is 11.6. The van der Waals surface area contributed by atoms with Crippen LogP contribution in [0.3, 0.4) is 0 Å². The predicted octanol–water partition coefficient (Wildman–Crippen LogP) is 1.36. The summed E-state index contributed by atoms with van der Waals surface area (Å²) in [6, 6.07) is 6.72. The Morgan fingerprint density at radius 2 is 2.11 bits per heavy atom. The number of hydrogen-bond acceptors (Lipinski definition) is 3. The van der Waals surface area contributed by atoms with E-state index >= 15 is 0 Å². The Kier molecular flexibility index (Phi) is 3.66. The number of H-pyrrole nitrogens is 1. The molecule has 0 spiro atoms. The van der Waals surface area contributed by atoms with Crippen molar-refractivity contribution in [2.24, 2.45) is 0 Å². The Hall–Kier alpha value is -1.82. The third-order valence-corrected chi connectivity index (χ3v) is 3.12. The Morgan fingerprint density at radius 3 is 2.72 bits per heavy atom. The number of ether oxygens (including phenoxy) is 1. The van der Waals surface area contributed by atoms with Gasteiger partial charge in [0.1, 0.15) is 5.75 Å². The van der Waals surface area contributed by atoms with Crippen LogP contribution in [0.2, 0.25) is 0 Å². The highest BCUT2D eigenvalue weighted by Gasteiger charge is 2.05. The van der Waals surface area contributed by atoms with Gasteiger partial charge in [0.2, 0.25) is 0 Å². The lowest BCUT2D eigenvalue weighted by molar-refractivity contribution is 0.412. The minimum Gasteiger partial charge on any atom is -0.496 e. The monoisotopic (exact) mass is 310 g/mol. The van der Waals surface area contributed by atoms with Crippen molar-refractivity contribution in [1.29, 1.82) is 0 Å². The van der Waals surface area contributed by atoms with E-state index in [4.69, 9.17) is 4.74 Å². The highest BCUT2D eigenvalue weighted by atomic mass is 79.9. The molecule has 1 heterocycles. The first-order chi connectivity index (χ1) is 8.61. The zero-order valence-electron chi connectivity index (χ0n) is 9.64. The molecule has 0 bridgehead atoms. The minimum atomic E-state index is -0.422. The second-order valence-corrected chi connectivity index (χ2v) is 4.53. The second kappa shape index (κ2) is 5.22. The summed E-state index contributed by atoms with van der Waals surface area (Å²) in [4.78, 5) is 25.6. The van der Waals surface area contributed by atoms with Crippen LogP contribution in [0.25, 0.3) is 0 Å². The molecule has 5 nitrogen and oxygen atoms in total. The topological polar surface area (TPSA) is 64.1 Å². The zero-order valence-corrected chi connectivity index (χ0v) is 11.2. The lowest BCUT2D eigenvalue weighted by Crippen LogP contribution is -2.34. The van der Waals surface area contributed by atoms with E-state index in [0.717, 1.165) is 14.6 Å². The Balaban J connectivity index is 2.38. The van der Waals surface area contributed by atoms with Crippen LogP contribution in [-0.4, -0.2) is 16.7 Å². The maximum Gasteiger partial charge on any atom is 0.328 e. The quantitative estimate of drug-likeness (QED) is 0.931. The highest BCUT2D eigenvalue weighted by molar-refractivity contribution is 9.10. The van der Waals surface area contributed by atoms with Crippen LogP contribution < -0.4 is 16.0 Å². The number of aromatic amines is 1. The van der Waals surface area contributed by atoms with Crippen LogP contribution in [0.15, 0.2) is 44.5 Å². The highest BCUT2D eigenvalue weighted by Crippen LogP contribution is 2.25. The third-order valence-electron chi connectivity index (χ3n) is 2.50. The van der Waals surface area contributed by atoms with E-state index in [1.54, 1.807) is 13.2 Å². The lowest BCUT2D eigenvalue weighted by atomic mass is 10.2. The molecule has 0 saturated carbocycles. The number of halogens is 1. The molecule has 0 fully saturated rings. The molecule has 0 aliphatic carbocycles. The fraction of sp³-hybridized carbons (Fsp3) is 0.167. The van der Waals surface area contributed by atoms with Crippen LogP contribution in [0.4, 0.5) is 0 Å². The zero-order chi connectivity index (χ0) is 13.1. The summed E-state index contributed by atoms with van der Waals surface area (Å²) in [7, 11) is 1.58. The smallest absolute Gasteiger partial charge is 0.328 e. The molecule has 1 aromatic carbocycles. The van der Waals surface area contributed by atoms with Crippen molar-refractivity contribution in [3.8, 4) is 5.75 Å². The Bertz CT molecular complexity index is 647. The summed E-state index contributed by atoms with van der Waals surface area (Å²) in [5.41, 5.74) is 0.0848. The van der Waals surface area contributed by atoms with E-state index < -0.39 is 5.69 Å². The first kappa shape index (κ1) is 12.6. The number of rotatable bonds is 3. The second-order valence-electron chi connectivity index (χ2n) is 3.68. The molecule has 0 aliphatic heterocycles. The summed E-state index contributed by atoms with van der Waals surface area (Å²) in [6.07, 6.45) is 1.34. The van der Waals surface area contributed by atoms with Crippen LogP contribution in [0.1, 0.15) is 5.56 Å². The molecule has 0 aliphatic rings. The van der Waals surface area contributed by atoms with Gasteiger partial charge in [0.05, 0.1) is 18.1 Å². The van der Waals surface area contributed by atoms with Crippen LogP contribution >= 0.6 is 15.9 Å². The van der Waals surface area contributed by atoms with Crippen molar-refractivity contribution >= 4 is 15.9 Å².